The number of carbonyl (C=O) groups is 3. The molecule has 4 rings (SSSR count). The number of pyridine rings is 1. The zero-order valence-electron chi connectivity index (χ0n) is 24.3. The Bertz CT molecular complexity index is 1410. The lowest BCUT2D eigenvalue weighted by Gasteiger charge is -2.36. The number of methoxy groups -OCH3 is 1. The summed E-state index contributed by atoms with van der Waals surface area (Å²) in [6, 6.07) is 5.16. The van der Waals surface area contributed by atoms with E-state index in [1.165, 1.54) is 13.4 Å². The fourth-order valence-corrected chi connectivity index (χ4v) is 4.75. The fraction of sp³-hybridized carbons (Fsp3) is 0.448. The number of likely N-dealkylation sites (N-methyl/N-ethyl adjacent to an activating group) is 1. The number of hydrogen-bond donors (Lipinski definition) is 4. The van der Waals surface area contributed by atoms with Gasteiger partial charge in [-0.3, -0.25) is 19.4 Å². The topological polar surface area (TPSA) is 150 Å². The van der Waals surface area contributed by atoms with Crippen LogP contribution >= 0.6 is 0 Å². The van der Waals surface area contributed by atoms with E-state index in [9.17, 15) is 14.4 Å². The van der Waals surface area contributed by atoms with E-state index in [-0.39, 0.29) is 17.7 Å². The van der Waals surface area contributed by atoms with E-state index < -0.39 is 23.5 Å². The average molecular weight is 563 g/mol. The third-order valence-corrected chi connectivity index (χ3v) is 7.22. The van der Waals surface area contributed by atoms with Crippen molar-refractivity contribution in [2.24, 2.45) is 5.41 Å². The van der Waals surface area contributed by atoms with Gasteiger partial charge in [0.1, 0.15) is 30.0 Å². The van der Waals surface area contributed by atoms with Crippen LogP contribution in [-0.4, -0.2) is 76.4 Å². The lowest BCUT2D eigenvalue weighted by Crippen LogP contribution is -2.59. The smallest absolute Gasteiger partial charge is 0.247 e. The number of carbonyl (C=O) groups excluding carboxylic acids is 3. The predicted molar refractivity (Wildman–Crippen MR) is 157 cm³/mol. The molecule has 4 N–H and O–H groups in total. The van der Waals surface area contributed by atoms with Crippen LogP contribution in [0.1, 0.15) is 40.5 Å². The Morgan fingerprint density at radius 2 is 1.85 bits per heavy atom. The zero-order chi connectivity index (χ0) is 29.7. The number of nitrogens with one attached hydrogen (secondary N) is 4. The first-order valence-electron chi connectivity index (χ1n) is 13.6. The van der Waals surface area contributed by atoms with Crippen LogP contribution in [0, 0.1) is 5.41 Å². The van der Waals surface area contributed by atoms with Gasteiger partial charge in [0.15, 0.2) is 0 Å². The molecule has 12 nitrogen and oxygen atoms in total. The Morgan fingerprint density at radius 3 is 2.51 bits per heavy atom. The Kier molecular flexibility index (Phi) is 9.01. The summed E-state index contributed by atoms with van der Waals surface area (Å²) in [6.45, 7) is 7.83. The molecule has 41 heavy (non-hydrogen) atoms. The number of nitrogens with zero attached hydrogens (tertiary/aromatic N) is 4. The van der Waals surface area contributed by atoms with Crippen LogP contribution in [-0.2, 0) is 14.4 Å². The molecule has 1 saturated heterocycles. The Balaban J connectivity index is 1.59. The molecule has 3 unspecified atom stereocenters. The minimum atomic E-state index is -0.798. The van der Waals surface area contributed by atoms with E-state index in [2.05, 4.69) is 36.2 Å². The SMILES string of the molecule is CNC(C)C(=O)NC(C(=O)N1CCCC1C(=O)Nc1cc2c(Nc3ccncc3)ncnc2cc1OC)C(C)(C)C. The summed E-state index contributed by atoms with van der Waals surface area (Å²) in [7, 11) is 3.20. The normalized spacial score (nSPS) is 16.6. The molecule has 3 amide bonds. The molecule has 0 aliphatic carbocycles. The number of hydrogen-bond acceptors (Lipinski definition) is 9. The summed E-state index contributed by atoms with van der Waals surface area (Å²) in [5.74, 6) is 0.0825. The number of anilines is 3. The number of rotatable bonds is 9. The number of fused-ring (bicyclic) bond motifs is 1. The maximum atomic E-state index is 13.8. The Hall–Kier alpha value is -4.32. The molecule has 0 spiro atoms. The molecule has 3 heterocycles. The van der Waals surface area contributed by atoms with Crippen LogP contribution in [0.25, 0.3) is 10.9 Å². The van der Waals surface area contributed by atoms with Crippen LogP contribution in [0.2, 0.25) is 0 Å². The molecular weight excluding hydrogens is 524 g/mol. The van der Waals surface area contributed by atoms with Crippen LogP contribution in [0.5, 0.6) is 5.75 Å². The summed E-state index contributed by atoms with van der Waals surface area (Å²) < 4.78 is 5.57. The summed E-state index contributed by atoms with van der Waals surface area (Å²) in [4.78, 5) is 54.5. The van der Waals surface area contributed by atoms with Gasteiger partial charge in [0, 0.05) is 36.1 Å². The van der Waals surface area contributed by atoms with Gasteiger partial charge in [-0.25, -0.2) is 9.97 Å². The van der Waals surface area contributed by atoms with Gasteiger partial charge in [0.2, 0.25) is 17.7 Å². The highest BCUT2D eigenvalue weighted by molar-refractivity contribution is 6.03. The largest absolute Gasteiger partial charge is 0.494 e. The van der Waals surface area contributed by atoms with Crippen molar-refractivity contribution in [2.75, 3.05) is 31.3 Å². The quantitative estimate of drug-likeness (QED) is 0.309. The van der Waals surface area contributed by atoms with Gasteiger partial charge in [-0.15, -0.1) is 0 Å². The number of amides is 3. The third-order valence-electron chi connectivity index (χ3n) is 7.22. The molecule has 1 aliphatic rings. The highest BCUT2D eigenvalue weighted by Gasteiger charge is 2.42. The predicted octanol–water partition coefficient (Wildman–Crippen LogP) is 2.85. The van der Waals surface area contributed by atoms with Crippen molar-refractivity contribution in [2.45, 2.75) is 58.7 Å². The van der Waals surface area contributed by atoms with E-state index in [1.54, 1.807) is 43.4 Å². The zero-order valence-corrected chi connectivity index (χ0v) is 24.3. The lowest BCUT2D eigenvalue weighted by molar-refractivity contribution is -0.143. The summed E-state index contributed by atoms with van der Waals surface area (Å²) in [5, 5.41) is 12.7. The molecule has 218 valence electrons. The van der Waals surface area contributed by atoms with Crippen molar-refractivity contribution < 1.29 is 19.1 Å². The van der Waals surface area contributed by atoms with Gasteiger partial charge in [0.05, 0.1) is 24.4 Å². The molecule has 0 bridgehead atoms. The van der Waals surface area contributed by atoms with E-state index in [0.717, 1.165) is 5.69 Å². The van der Waals surface area contributed by atoms with Crippen molar-refractivity contribution in [3.8, 4) is 5.75 Å². The molecule has 3 atom stereocenters. The van der Waals surface area contributed by atoms with E-state index in [4.69, 9.17) is 4.74 Å². The maximum absolute atomic E-state index is 13.8. The second-order valence-electron chi connectivity index (χ2n) is 11.1. The van der Waals surface area contributed by atoms with Crippen molar-refractivity contribution >= 4 is 45.8 Å². The second-order valence-corrected chi connectivity index (χ2v) is 11.1. The molecule has 2 aromatic heterocycles. The van der Waals surface area contributed by atoms with Crippen LogP contribution in [0.15, 0.2) is 43.0 Å². The first-order valence-corrected chi connectivity index (χ1v) is 13.6. The van der Waals surface area contributed by atoms with Gasteiger partial charge in [-0.1, -0.05) is 20.8 Å². The number of benzene rings is 1. The Morgan fingerprint density at radius 1 is 1.12 bits per heavy atom. The number of ether oxygens (including phenoxy) is 1. The summed E-state index contributed by atoms with van der Waals surface area (Å²) in [5.41, 5.74) is 1.29. The van der Waals surface area contributed by atoms with E-state index >= 15 is 0 Å². The monoisotopic (exact) mass is 562 g/mol. The number of aromatic nitrogens is 3. The highest BCUT2D eigenvalue weighted by Crippen LogP contribution is 2.34. The van der Waals surface area contributed by atoms with E-state index in [1.807, 2.05) is 32.9 Å². The first-order chi connectivity index (χ1) is 19.5. The van der Waals surface area contributed by atoms with Crippen LogP contribution in [0.3, 0.4) is 0 Å². The second kappa shape index (κ2) is 12.5. The minimum absolute atomic E-state index is 0.278. The molecule has 1 aromatic carbocycles. The molecule has 1 fully saturated rings. The summed E-state index contributed by atoms with van der Waals surface area (Å²) in [6.07, 6.45) is 5.97. The molecule has 0 radical (unpaired) electrons. The van der Waals surface area contributed by atoms with Crippen molar-refractivity contribution in [1.82, 2.24) is 30.5 Å². The molecule has 3 aromatic rings. The molecule has 1 aliphatic heterocycles. The van der Waals surface area contributed by atoms with Gasteiger partial charge in [-0.2, -0.15) is 0 Å². The van der Waals surface area contributed by atoms with Gasteiger partial charge in [-0.05, 0) is 50.4 Å². The first kappa shape index (κ1) is 29.7. The van der Waals surface area contributed by atoms with Crippen molar-refractivity contribution in [3.63, 3.8) is 0 Å². The number of likely N-dealkylation sites (tertiary alicyclic amines) is 1. The van der Waals surface area contributed by atoms with Crippen molar-refractivity contribution in [3.05, 3.63) is 43.0 Å². The van der Waals surface area contributed by atoms with Gasteiger partial charge in [0.25, 0.3) is 0 Å². The minimum Gasteiger partial charge on any atom is -0.494 e. The highest BCUT2D eigenvalue weighted by atomic mass is 16.5. The van der Waals surface area contributed by atoms with Crippen LogP contribution < -0.4 is 26.0 Å². The average Bonchev–Trinajstić information content (AvgIpc) is 3.45. The summed E-state index contributed by atoms with van der Waals surface area (Å²) >= 11 is 0. The standard InChI is InChI=1S/C29H38N8O4/c1-17(30-5)26(38)36-24(29(2,3)4)28(40)37-13-7-8-22(37)27(39)35-21-14-19-20(15-23(21)41-6)32-16-33-25(19)34-18-9-11-31-12-10-18/h9-12,14-17,22,24,30H,7-8,13H2,1-6H3,(H,35,39)(H,36,38)(H,31,32,33,34). The maximum Gasteiger partial charge on any atom is 0.247 e. The molecule has 12 heteroatoms. The third kappa shape index (κ3) is 6.71. The fourth-order valence-electron chi connectivity index (χ4n) is 4.75. The Labute approximate surface area is 239 Å². The van der Waals surface area contributed by atoms with Gasteiger partial charge < -0.3 is 30.9 Å². The van der Waals surface area contributed by atoms with E-state index in [0.29, 0.717) is 47.5 Å². The van der Waals surface area contributed by atoms with Gasteiger partial charge >= 0.3 is 0 Å². The molecular formula is C29H38N8O4. The van der Waals surface area contributed by atoms with Crippen LogP contribution in [0.4, 0.5) is 17.2 Å². The van der Waals surface area contributed by atoms with Crippen molar-refractivity contribution in [1.29, 1.82) is 0 Å². The molecule has 0 saturated carbocycles. The lowest BCUT2D eigenvalue weighted by atomic mass is 9.85.